The van der Waals surface area contributed by atoms with Crippen LogP contribution in [0.2, 0.25) is 0 Å². The molecule has 0 saturated heterocycles. The summed E-state index contributed by atoms with van der Waals surface area (Å²) >= 11 is 1.98. The summed E-state index contributed by atoms with van der Waals surface area (Å²) in [5.74, 6) is 1.15. The monoisotopic (exact) mass is 277 g/mol. The third kappa shape index (κ3) is 4.76. The highest BCUT2D eigenvalue weighted by atomic mass is 32.2. The molecule has 0 bridgehead atoms. The van der Waals surface area contributed by atoms with Crippen LogP contribution in [0.25, 0.3) is 0 Å². The average molecular weight is 277 g/mol. The summed E-state index contributed by atoms with van der Waals surface area (Å²) in [4.78, 5) is 4.00. The Morgan fingerprint density at radius 3 is 2.42 bits per heavy atom. The molecule has 0 N–H and O–H groups in total. The Morgan fingerprint density at radius 1 is 0.947 bits per heavy atom. The van der Waals surface area contributed by atoms with Gasteiger partial charge in [0, 0.05) is 11.4 Å². The van der Waals surface area contributed by atoms with Gasteiger partial charge in [0.25, 0.3) is 0 Å². The molecule has 1 aromatic rings. The smallest absolute Gasteiger partial charge is 0.0686 e. The molecule has 2 heteroatoms. The van der Waals surface area contributed by atoms with Gasteiger partial charge in [-0.2, -0.15) is 0 Å². The Balaban J connectivity index is 1.55. The summed E-state index contributed by atoms with van der Waals surface area (Å²) in [5.41, 5.74) is 1.45. The van der Waals surface area contributed by atoms with Gasteiger partial charge in [-0.25, -0.2) is 0 Å². The third-order valence-electron chi connectivity index (χ3n) is 3.86. The first-order valence-corrected chi connectivity index (χ1v) is 8.87. The number of hydrogen-bond acceptors (Lipinski definition) is 2. The lowest BCUT2D eigenvalue weighted by Gasteiger charge is -2.18. The first-order chi connectivity index (χ1) is 9.42. The topological polar surface area (TPSA) is 3.24 Å². The number of thioether (sulfide) groups is 1. The lowest BCUT2D eigenvalue weighted by atomic mass is 10.1. The van der Waals surface area contributed by atoms with Crippen molar-refractivity contribution < 1.29 is 0 Å². The summed E-state index contributed by atoms with van der Waals surface area (Å²) in [6.07, 6.45) is 11.3. The Kier molecular flexibility index (Phi) is 6.63. The maximum atomic E-state index is 2.54. The highest BCUT2D eigenvalue weighted by molar-refractivity contribution is 7.99. The second-order valence-electron chi connectivity index (χ2n) is 5.48. The van der Waals surface area contributed by atoms with Crippen LogP contribution in [0.4, 0.5) is 5.69 Å². The molecule has 1 nitrogen and oxygen atoms in total. The van der Waals surface area contributed by atoms with Gasteiger partial charge in [0.05, 0.1) is 11.6 Å². The molecule has 0 aromatic heterocycles. The maximum Gasteiger partial charge on any atom is 0.0686 e. The van der Waals surface area contributed by atoms with Crippen LogP contribution in [-0.2, 0) is 0 Å². The van der Waals surface area contributed by atoms with E-state index in [1.54, 1.807) is 0 Å². The van der Waals surface area contributed by atoms with Crippen molar-refractivity contribution in [3.05, 3.63) is 24.3 Å². The molecule has 1 aromatic carbocycles. The molecule has 2 rings (SSSR count). The van der Waals surface area contributed by atoms with Crippen molar-refractivity contribution in [1.29, 1.82) is 0 Å². The molecular formula is C17H27NS. The first-order valence-electron chi connectivity index (χ1n) is 7.88. The number of hydrogen-bond donors (Lipinski definition) is 0. The molecule has 0 aliphatic carbocycles. The second-order valence-corrected chi connectivity index (χ2v) is 6.47. The number of para-hydroxylation sites is 1. The highest BCUT2D eigenvalue weighted by Crippen LogP contribution is 2.37. The maximum absolute atomic E-state index is 2.54. The molecule has 1 aliphatic heterocycles. The Morgan fingerprint density at radius 2 is 1.63 bits per heavy atom. The van der Waals surface area contributed by atoms with Crippen molar-refractivity contribution >= 4 is 17.4 Å². The van der Waals surface area contributed by atoms with E-state index in [1.165, 1.54) is 68.5 Å². The third-order valence-corrected chi connectivity index (χ3v) is 4.96. The minimum Gasteiger partial charge on any atom is -0.361 e. The first kappa shape index (κ1) is 14.8. The summed E-state index contributed by atoms with van der Waals surface area (Å²) in [7, 11) is 0. The minimum absolute atomic E-state index is 1.15. The molecule has 0 atom stereocenters. The molecule has 106 valence electrons. The molecule has 1 heterocycles. The average Bonchev–Trinajstić information content (AvgIpc) is 2.85. The lowest BCUT2D eigenvalue weighted by Crippen LogP contribution is -2.20. The molecule has 0 radical (unpaired) electrons. The van der Waals surface area contributed by atoms with Crippen molar-refractivity contribution in [3.63, 3.8) is 0 Å². The number of rotatable bonds is 9. The highest BCUT2D eigenvalue weighted by Gasteiger charge is 2.17. The largest absolute Gasteiger partial charge is 0.361 e. The molecule has 0 spiro atoms. The van der Waals surface area contributed by atoms with E-state index in [9.17, 15) is 0 Å². The standard InChI is InChI=1S/C17H27NS/c1-2-3-4-5-6-7-8-11-14-18-15-19-17-13-10-9-12-16(17)18/h9-10,12-13H,2-8,11,14-15H2,1H3. The molecular weight excluding hydrogens is 250 g/mol. The van der Waals surface area contributed by atoms with Crippen molar-refractivity contribution in [3.8, 4) is 0 Å². The van der Waals surface area contributed by atoms with Crippen molar-refractivity contribution in [2.75, 3.05) is 17.3 Å². The molecule has 0 fully saturated rings. The van der Waals surface area contributed by atoms with Crippen LogP contribution in [0.1, 0.15) is 58.3 Å². The SMILES string of the molecule is CCCCCCCCCCN1CSc2ccccc21. The number of anilines is 1. The Hall–Kier alpha value is -0.630. The quantitative estimate of drug-likeness (QED) is 0.533. The number of unbranched alkanes of at least 4 members (excludes halogenated alkanes) is 7. The van der Waals surface area contributed by atoms with E-state index in [0.717, 1.165) is 5.88 Å². The van der Waals surface area contributed by atoms with E-state index in [1.807, 2.05) is 11.8 Å². The van der Waals surface area contributed by atoms with E-state index in [0.29, 0.717) is 0 Å². The fourth-order valence-corrected chi connectivity index (χ4v) is 3.76. The van der Waals surface area contributed by atoms with Crippen molar-refractivity contribution in [1.82, 2.24) is 0 Å². The predicted octanol–water partition coefficient (Wildman–Crippen LogP) is 5.70. The van der Waals surface area contributed by atoms with Gasteiger partial charge in [0.15, 0.2) is 0 Å². The van der Waals surface area contributed by atoms with E-state index in [-0.39, 0.29) is 0 Å². The summed E-state index contributed by atoms with van der Waals surface area (Å²) in [6, 6.07) is 8.81. The van der Waals surface area contributed by atoms with Gasteiger partial charge in [-0.15, -0.1) is 11.8 Å². The van der Waals surface area contributed by atoms with E-state index in [4.69, 9.17) is 0 Å². The fraction of sp³-hybridized carbons (Fsp3) is 0.647. The van der Waals surface area contributed by atoms with Crippen LogP contribution in [0.15, 0.2) is 29.2 Å². The fourth-order valence-electron chi connectivity index (χ4n) is 2.68. The summed E-state index contributed by atoms with van der Waals surface area (Å²) < 4.78 is 0. The molecule has 0 unspecified atom stereocenters. The zero-order chi connectivity index (χ0) is 13.3. The van der Waals surface area contributed by atoms with Gasteiger partial charge in [-0.1, -0.05) is 64.0 Å². The lowest BCUT2D eigenvalue weighted by molar-refractivity contribution is 0.575. The van der Waals surface area contributed by atoms with Gasteiger partial charge in [0.2, 0.25) is 0 Å². The van der Waals surface area contributed by atoms with Crippen molar-refractivity contribution in [2.45, 2.75) is 63.2 Å². The van der Waals surface area contributed by atoms with E-state index in [2.05, 4.69) is 36.1 Å². The number of benzene rings is 1. The zero-order valence-electron chi connectivity index (χ0n) is 12.2. The van der Waals surface area contributed by atoms with Crippen LogP contribution in [0.5, 0.6) is 0 Å². The predicted molar refractivity (Wildman–Crippen MR) is 87.1 cm³/mol. The number of nitrogens with zero attached hydrogens (tertiary/aromatic N) is 1. The summed E-state index contributed by atoms with van der Waals surface area (Å²) in [5, 5.41) is 0. The van der Waals surface area contributed by atoms with Gasteiger partial charge in [-0.3, -0.25) is 0 Å². The van der Waals surface area contributed by atoms with E-state index < -0.39 is 0 Å². The second kappa shape index (κ2) is 8.52. The van der Waals surface area contributed by atoms with Crippen LogP contribution in [-0.4, -0.2) is 12.4 Å². The zero-order valence-corrected chi connectivity index (χ0v) is 13.1. The molecule has 19 heavy (non-hydrogen) atoms. The van der Waals surface area contributed by atoms with Gasteiger partial charge < -0.3 is 4.90 Å². The van der Waals surface area contributed by atoms with Gasteiger partial charge >= 0.3 is 0 Å². The molecule has 0 saturated carbocycles. The van der Waals surface area contributed by atoms with Gasteiger partial charge in [0.1, 0.15) is 0 Å². The van der Waals surface area contributed by atoms with Crippen LogP contribution < -0.4 is 4.90 Å². The minimum atomic E-state index is 1.15. The summed E-state index contributed by atoms with van der Waals surface area (Å²) in [6.45, 7) is 3.52. The van der Waals surface area contributed by atoms with Crippen molar-refractivity contribution in [2.24, 2.45) is 0 Å². The van der Waals surface area contributed by atoms with E-state index >= 15 is 0 Å². The van der Waals surface area contributed by atoms with Crippen LogP contribution in [0, 0.1) is 0 Å². The van der Waals surface area contributed by atoms with Crippen LogP contribution in [0.3, 0.4) is 0 Å². The van der Waals surface area contributed by atoms with Crippen LogP contribution >= 0.6 is 11.8 Å². The molecule has 1 aliphatic rings. The number of fused-ring (bicyclic) bond motifs is 1. The Bertz CT molecular complexity index is 364. The molecule has 0 amide bonds. The Labute approximate surface area is 122 Å². The van der Waals surface area contributed by atoms with Gasteiger partial charge in [-0.05, 0) is 18.6 Å². The normalized spacial score (nSPS) is 13.8.